The summed E-state index contributed by atoms with van der Waals surface area (Å²) in [6.07, 6.45) is 0.963. The van der Waals surface area contributed by atoms with Gasteiger partial charge in [-0.15, -0.1) is 0 Å². The molecule has 0 spiro atoms. The molecule has 0 rings (SSSR count). The molecule has 0 radical (unpaired) electrons. The van der Waals surface area contributed by atoms with Crippen LogP contribution < -0.4 is 5.73 Å². The lowest BCUT2D eigenvalue weighted by Gasteiger charge is -2.22. The van der Waals surface area contributed by atoms with E-state index in [0.717, 1.165) is 13.0 Å². The van der Waals surface area contributed by atoms with E-state index in [2.05, 4.69) is 20.8 Å². The second-order valence-corrected chi connectivity index (χ2v) is 3.92. The molecule has 0 saturated heterocycles. The Balaban J connectivity index is 3.38. The zero-order valence-corrected chi connectivity index (χ0v) is 8.18. The van der Waals surface area contributed by atoms with Crippen LogP contribution >= 0.6 is 0 Å². The van der Waals surface area contributed by atoms with Crippen LogP contribution in [0.25, 0.3) is 0 Å². The average molecular weight is 159 g/mol. The fourth-order valence-corrected chi connectivity index (χ4v) is 0.630. The third-order valence-electron chi connectivity index (χ3n) is 1.69. The lowest BCUT2D eigenvalue weighted by molar-refractivity contribution is 0.0711. The summed E-state index contributed by atoms with van der Waals surface area (Å²) < 4.78 is 5.43. The number of nitrogens with two attached hydrogens (primary N) is 1. The van der Waals surface area contributed by atoms with Gasteiger partial charge in [0.05, 0.1) is 6.61 Å². The molecule has 2 N–H and O–H groups in total. The Morgan fingerprint density at radius 1 is 1.45 bits per heavy atom. The Morgan fingerprint density at radius 3 is 2.36 bits per heavy atom. The second kappa shape index (κ2) is 4.73. The van der Waals surface area contributed by atoms with Gasteiger partial charge < -0.3 is 10.5 Å². The molecule has 0 amide bonds. The van der Waals surface area contributed by atoms with Crippen molar-refractivity contribution in [3.05, 3.63) is 0 Å². The van der Waals surface area contributed by atoms with Gasteiger partial charge in [-0.3, -0.25) is 0 Å². The first kappa shape index (κ1) is 10.9. The first-order valence-corrected chi connectivity index (χ1v) is 4.34. The number of rotatable bonds is 5. The van der Waals surface area contributed by atoms with Gasteiger partial charge in [0.1, 0.15) is 0 Å². The van der Waals surface area contributed by atoms with Crippen LogP contribution in [0.5, 0.6) is 0 Å². The predicted molar refractivity (Wildman–Crippen MR) is 48.5 cm³/mol. The molecular formula is C9H21NO. The molecule has 1 unspecified atom stereocenters. The third-order valence-corrected chi connectivity index (χ3v) is 1.69. The SMILES string of the molecule is CCC(C)(N)COCC(C)C. The predicted octanol–water partition coefficient (Wildman–Crippen LogP) is 1.79. The molecule has 11 heavy (non-hydrogen) atoms. The Kier molecular flexibility index (Phi) is 4.69. The number of hydrogen-bond donors (Lipinski definition) is 1. The van der Waals surface area contributed by atoms with Gasteiger partial charge in [0, 0.05) is 12.1 Å². The Labute approximate surface area is 70.1 Å². The number of hydrogen-bond acceptors (Lipinski definition) is 2. The van der Waals surface area contributed by atoms with Crippen molar-refractivity contribution >= 4 is 0 Å². The van der Waals surface area contributed by atoms with E-state index in [1.54, 1.807) is 0 Å². The van der Waals surface area contributed by atoms with E-state index in [4.69, 9.17) is 10.5 Å². The highest BCUT2D eigenvalue weighted by molar-refractivity contribution is 4.75. The van der Waals surface area contributed by atoms with Crippen molar-refractivity contribution in [3.8, 4) is 0 Å². The minimum absolute atomic E-state index is 0.144. The zero-order chi connectivity index (χ0) is 8.91. The van der Waals surface area contributed by atoms with Gasteiger partial charge >= 0.3 is 0 Å². The topological polar surface area (TPSA) is 35.2 Å². The minimum atomic E-state index is -0.144. The quantitative estimate of drug-likeness (QED) is 0.663. The number of ether oxygens (including phenoxy) is 1. The minimum Gasteiger partial charge on any atom is -0.379 e. The van der Waals surface area contributed by atoms with Gasteiger partial charge in [-0.05, 0) is 19.3 Å². The molecule has 0 bridgehead atoms. The standard InChI is InChI=1S/C9H21NO/c1-5-9(4,10)7-11-6-8(2)3/h8H,5-7,10H2,1-4H3. The van der Waals surface area contributed by atoms with Crippen molar-refractivity contribution in [2.24, 2.45) is 11.7 Å². The lowest BCUT2D eigenvalue weighted by Crippen LogP contribution is -2.40. The van der Waals surface area contributed by atoms with Gasteiger partial charge in [-0.25, -0.2) is 0 Å². The first-order chi connectivity index (χ1) is 4.98. The van der Waals surface area contributed by atoms with Crippen LogP contribution in [0.3, 0.4) is 0 Å². The molecule has 1 atom stereocenters. The largest absolute Gasteiger partial charge is 0.379 e. The molecule has 2 heteroatoms. The Hall–Kier alpha value is -0.0800. The van der Waals surface area contributed by atoms with Crippen molar-refractivity contribution in [2.45, 2.75) is 39.7 Å². The van der Waals surface area contributed by atoms with E-state index in [9.17, 15) is 0 Å². The van der Waals surface area contributed by atoms with Crippen molar-refractivity contribution in [1.82, 2.24) is 0 Å². The van der Waals surface area contributed by atoms with Gasteiger partial charge in [0.2, 0.25) is 0 Å². The summed E-state index contributed by atoms with van der Waals surface area (Å²) >= 11 is 0. The summed E-state index contributed by atoms with van der Waals surface area (Å²) in [6, 6.07) is 0. The van der Waals surface area contributed by atoms with Crippen LogP contribution in [0.4, 0.5) is 0 Å². The molecule has 0 fully saturated rings. The van der Waals surface area contributed by atoms with Crippen LogP contribution in [0, 0.1) is 5.92 Å². The monoisotopic (exact) mass is 159 g/mol. The summed E-state index contributed by atoms with van der Waals surface area (Å²) in [5, 5.41) is 0. The van der Waals surface area contributed by atoms with Gasteiger partial charge in [-0.1, -0.05) is 20.8 Å². The molecule has 0 saturated carbocycles. The van der Waals surface area contributed by atoms with Crippen LogP contribution in [-0.4, -0.2) is 18.8 Å². The normalized spacial score (nSPS) is 16.9. The Bertz CT molecular complexity index is 99.7. The van der Waals surface area contributed by atoms with E-state index in [0.29, 0.717) is 12.5 Å². The van der Waals surface area contributed by atoms with E-state index in [-0.39, 0.29) is 5.54 Å². The highest BCUT2D eigenvalue weighted by atomic mass is 16.5. The molecule has 0 aromatic rings. The zero-order valence-electron chi connectivity index (χ0n) is 8.18. The van der Waals surface area contributed by atoms with Crippen LogP contribution in [0.15, 0.2) is 0 Å². The summed E-state index contributed by atoms with van der Waals surface area (Å²) in [5.74, 6) is 0.600. The van der Waals surface area contributed by atoms with Gasteiger partial charge in [0.15, 0.2) is 0 Å². The molecule has 0 aliphatic carbocycles. The highest BCUT2D eigenvalue weighted by Crippen LogP contribution is 2.05. The van der Waals surface area contributed by atoms with Crippen LogP contribution in [0.1, 0.15) is 34.1 Å². The first-order valence-electron chi connectivity index (χ1n) is 4.34. The van der Waals surface area contributed by atoms with Crippen LogP contribution in [-0.2, 0) is 4.74 Å². The van der Waals surface area contributed by atoms with Gasteiger partial charge in [-0.2, -0.15) is 0 Å². The van der Waals surface area contributed by atoms with Gasteiger partial charge in [0.25, 0.3) is 0 Å². The lowest BCUT2D eigenvalue weighted by atomic mass is 10.0. The highest BCUT2D eigenvalue weighted by Gasteiger charge is 2.15. The fraction of sp³-hybridized carbons (Fsp3) is 1.00. The molecular weight excluding hydrogens is 138 g/mol. The summed E-state index contributed by atoms with van der Waals surface area (Å²) in [5.41, 5.74) is 5.73. The van der Waals surface area contributed by atoms with E-state index in [1.807, 2.05) is 6.92 Å². The smallest absolute Gasteiger partial charge is 0.0643 e. The maximum atomic E-state index is 5.88. The summed E-state index contributed by atoms with van der Waals surface area (Å²) in [6.45, 7) is 9.86. The maximum absolute atomic E-state index is 5.88. The Morgan fingerprint density at radius 2 is 2.00 bits per heavy atom. The summed E-state index contributed by atoms with van der Waals surface area (Å²) in [7, 11) is 0. The molecule has 0 heterocycles. The van der Waals surface area contributed by atoms with E-state index in [1.165, 1.54) is 0 Å². The summed E-state index contributed by atoms with van der Waals surface area (Å²) in [4.78, 5) is 0. The fourth-order valence-electron chi connectivity index (χ4n) is 0.630. The van der Waals surface area contributed by atoms with Crippen molar-refractivity contribution < 1.29 is 4.74 Å². The van der Waals surface area contributed by atoms with Crippen molar-refractivity contribution in [3.63, 3.8) is 0 Å². The van der Waals surface area contributed by atoms with E-state index < -0.39 is 0 Å². The van der Waals surface area contributed by atoms with E-state index >= 15 is 0 Å². The molecule has 0 aromatic carbocycles. The van der Waals surface area contributed by atoms with Crippen molar-refractivity contribution in [1.29, 1.82) is 0 Å². The molecule has 0 aromatic heterocycles. The van der Waals surface area contributed by atoms with Crippen LogP contribution in [0.2, 0.25) is 0 Å². The maximum Gasteiger partial charge on any atom is 0.0643 e. The molecule has 0 aliphatic rings. The molecule has 68 valence electrons. The second-order valence-electron chi connectivity index (χ2n) is 3.92. The van der Waals surface area contributed by atoms with Crippen molar-refractivity contribution in [2.75, 3.05) is 13.2 Å². The average Bonchev–Trinajstić information content (AvgIpc) is 1.87. The molecule has 0 aliphatic heterocycles. The third kappa shape index (κ3) is 6.32. The molecule has 2 nitrogen and oxygen atoms in total.